The first kappa shape index (κ1) is 14.9. The number of hydrogen-bond donors (Lipinski definition) is 3. The van der Waals surface area contributed by atoms with Crippen LogP contribution in [-0.2, 0) is 11.3 Å². The monoisotopic (exact) mass is 293 g/mol. The summed E-state index contributed by atoms with van der Waals surface area (Å²) in [6.07, 6.45) is 2.53. The lowest BCUT2D eigenvalue weighted by atomic mass is 10.2. The van der Waals surface area contributed by atoms with Crippen LogP contribution in [0.4, 0.5) is 4.79 Å². The summed E-state index contributed by atoms with van der Waals surface area (Å²) in [6.45, 7) is 2.60. The van der Waals surface area contributed by atoms with Gasteiger partial charge in [0.2, 0.25) is 5.91 Å². The topological polar surface area (TPSA) is 84.2 Å². The highest BCUT2D eigenvalue weighted by atomic mass is 32.2. The van der Waals surface area contributed by atoms with Crippen LogP contribution >= 0.6 is 11.8 Å². The zero-order valence-electron chi connectivity index (χ0n) is 11.4. The molecule has 108 valence electrons. The standard InChI is InChI=1S/C14H19N3O2S/c1-9(13(18)17-14(15)19)20-12-4-2-3-10(7-12)8-16-11-5-6-11/h2-4,7,9,11,16H,5-6,8H2,1H3,(H3,15,17,18,19). The minimum absolute atomic E-state index is 0.367. The summed E-state index contributed by atoms with van der Waals surface area (Å²) in [5.41, 5.74) is 6.13. The summed E-state index contributed by atoms with van der Waals surface area (Å²) in [4.78, 5) is 23.3. The third-order valence-corrected chi connectivity index (χ3v) is 4.09. The maximum atomic E-state index is 11.6. The van der Waals surface area contributed by atoms with E-state index in [2.05, 4.69) is 22.8 Å². The first-order valence-corrected chi connectivity index (χ1v) is 7.52. The van der Waals surface area contributed by atoms with Gasteiger partial charge in [-0.15, -0.1) is 11.8 Å². The van der Waals surface area contributed by atoms with Gasteiger partial charge in [-0.05, 0) is 37.5 Å². The molecule has 0 aromatic heterocycles. The maximum absolute atomic E-state index is 11.6. The Balaban J connectivity index is 1.89. The van der Waals surface area contributed by atoms with Crippen molar-refractivity contribution < 1.29 is 9.59 Å². The van der Waals surface area contributed by atoms with Gasteiger partial charge in [0.15, 0.2) is 0 Å². The third-order valence-electron chi connectivity index (χ3n) is 3.00. The molecule has 1 aliphatic rings. The number of thioether (sulfide) groups is 1. The zero-order chi connectivity index (χ0) is 14.5. The van der Waals surface area contributed by atoms with Crippen molar-refractivity contribution in [3.63, 3.8) is 0 Å². The zero-order valence-corrected chi connectivity index (χ0v) is 12.2. The second-order valence-corrected chi connectivity index (χ2v) is 6.33. The number of carbonyl (C=O) groups is 2. The molecule has 0 radical (unpaired) electrons. The molecule has 1 saturated carbocycles. The van der Waals surface area contributed by atoms with Crippen molar-refractivity contribution >= 4 is 23.7 Å². The number of rotatable bonds is 6. The molecular weight excluding hydrogens is 274 g/mol. The van der Waals surface area contributed by atoms with Gasteiger partial charge in [0.1, 0.15) is 0 Å². The minimum atomic E-state index is -0.815. The number of hydrogen-bond acceptors (Lipinski definition) is 4. The van der Waals surface area contributed by atoms with E-state index in [1.165, 1.54) is 30.2 Å². The van der Waals surface area contributed by atoms with Crippen molar-refractivity contribution in [1.82, 2.24) is 10.6 Å². The van der Waals surface area contributed by atoms with Crippen LogP contribution in [-0.4, -0.2) is 23.2 Å². The predicted octanol–water partition coefficient (Wildman–Crippen LogP) is 1.61. The number of nitrogens with two attached hydrogens (primary N) is 1. The molecule has 1 aliphatic carbocycles. The van der Waals surface area contributed by atoms with Gasteiger partial charge in [-0.3, -0.25) is 10.1 Å². The van der Waals surface area contributed by atoms with Crippen molar-refractivity contribution in [3.8, 4) is 0 Å². The van der Waals surface area contributed by atoms with Gasteiger partial charge < -0.3 is 11.1 Å². The molecule has 4 N–H and O–H groups in total. The Morgan fingerprint density at radius 2 is 2.20 bits per heavy atom. The molecule has 1 aromatic carbocycles. The molecule has 0 heterocycles. The van der Waals surface area contributed by atoms with Gasteiger partial charge in [0.25, 0.3) is 0 Å². The van der Waals surface area contributed by atoms with Crippen LogP contribution in [0.3, 0.4) is 0 Å². The second-order valence-electron chi connectivity index (χ2n) is 4.92. The third kappa shape index (κ3) is 4.86. The van der Waals surface area contributed by atoms with Crippen LogP contribution in [0.25, 0.3) is 0 Å². The van der Waals surface area contributed by atoms with Gasteiger partial charge in [0.05, 0.1) is 5.25 Å². The molecule has 1 fully saturated rings. The summed E-state index contributed by atoms with van der Waals surface area (Å²) in [7, 11) is 0. The van der Waals surface area contributed by atoms with Crippen LogP contribution in [0.15, 0.2) is 29.2 Å². The second kappa shape index (κ2) is 6.76. The van der Waals surface area contributed by atoms with Gasteiger partial charge in [0, 0.05) is 17.5 Å². The number of urea groups is 1. The molecule has 6 heteroatoms. The molecule has 20 heavy (non-hydrogen) atoms. The Morgan fingerprint density at radius 1 is 1.45 bits per heavy atom. The average Bonchev–Trinajstić information content (AvgIpc) is 3.20. The molecule has 0 aliphatic heterocycles. The van der Waals surface area contributed by atoms with E-state index in [4.69, 9.17) is 5.73 Å². The van der Waals surface area contributed by atoms with Gasteiger partial charge >= 0.3 is 6.03 Å². The fourth-order valence-corrected chi connectivity index (χ4v) is 2.71. The van der Waals surface area contributed by atoms with E-state index in [0.29, 0.717) is 6.04 Å². The summed E-state index contributed by atoms with van der Waals surface area (Å²) in [6, 6.07) is 7.92. The summed E-state index contributed by atoms with van der Waals surface area (Å²) >= 11 is 1.41. The summed E-state index contributed by atoms with van der Waals surface area (Å²) in [5.74, 6) is -0.371. The highest BCUT2D eigenvalue weighted by molar-refractivity contribution is 8.00. The molecule has 1 atom stereocenters. The number of imide groups is 1. The molecule has 1 unspecified atom stereocenters. The highest BCUT2D eigenvalue weighted by Gasteiger charge is 2.20. The van der Waals surface area contributed by atoms with Crippen LogP contribution in [0.2, 0.25) is 0 Å². The number of carbonyl (C=O) groups excluding carboxylic acids is 2. The number of amides is 3. The Morgan fingerprint density at radius 3 is 2.85 bits per heavy atom. The Hall–Kier alpha value is -1.53. The Bertz CT molecular complexity index is 503. The lowest BCUT2D eigenvalue weighted by molar-refractivity contribution is -0.119. The van der Waals surface area contributed by atoms with E-state index in [1.807, 2.05) is 12.1 Å². The van der Waals surface area contributed by atoms with Crippen molar-refractivity contribution in [2.24, 2.45) is 5.73 Å². The van der Waals surface area contributed by atoms with E-state index < -0.39 is 6.03 Å². The quantitative estimate of drug-likeness (QED) is 0.696. The van der Waals surface area contributed by atoms with E-state index in [9.17, 15) is 9.59 Å². The molecule has 0 bridgehead atoms. The first-order chi connectivity index (χ1) is 9.54. The van der Waals surface area contributed by atoms with Crippen LogP contribution < -0.4 is 16.4 Å². The van der Waals surface area contributed by atoms with Gasteiger partial charge in [-0.2, -0.15) is 0 Å². The normalized spacial score (nSPS) is 15.7. The lowest BCUT2D eigenvalue weighted by Crippen LogP contribution is -2.39. The van der Waals surface area contributed by atoms with E-state index in [-0.39, 0.29) is 11.2 Å². The summed E-state index contributed by atoms with van der Waals surface area (Å²) < 4.78 is 0. The smallest absolute Gasteiger partial charge is 0.318 e. The molecular formula is C14H19N3O2S. The molecule has 0 spiro atoms. The number of primary amides is 1. The maximum Gasteiger partial charge on any atom is 0.318 e. The van der Waals surface area contributed by atoms with Crippen LogP contribution in [0.1, 0.15) is 25.3 Å². The minimum Gasteiger partial charge on any atom is -0.351 e. The van der Waals surface area contributed by atoms with Crippen molar-refractivity contribution in [1.29, 1.82) is 0 Å². The van der Waals surface area contributed by atoms with Gasteiger partial charge in [-0.1, -0.05) is 12.1 Å². The summed E-state index contributed by atoms with van der Waals surface area (Å²) in [5, 5.41) is 5.18. The van der Waals surface area contributed by atoms with Crippen LogP contribution in [0.5, 0.6) is 0 Å². The number of benzene rings is 1. The van der Waals surface area contributed by atoms with E-state index >= 15 is 0 Å². The molecule has 5 nitrogen and oxygen atoms in total. The van der Waals surface area contributed by atoms with Crippen LogP contribution in [0, 0.1) is 0 Å². The Kier molecular flexibility index (Phi) is 5.03. The molecule has 3 amide bonds. The lowest BCUT2D eigenvalue weighted by Gasteiger charge is -2.11. The number of nitrogens with one attached hydrogen (secondary N) is 2. The van der Waals surface area contributed by atoms with Crippen molar-refractivity contribution in [3.05, 3.63) is 29.8 Å². The van der Waals surface area contributed by atoms with Crippen molar-refractivity contribution in [2.75, 3.05) is 0 Å². The van der Waals surface area contributed by atoms with Gasteiger partial charge in [-0.25, -0.2) is 4.79 Å². The fourth-order valence-electron chi connectivity index (χ4n) is 1.76. The molecule has 1 aromatic rings. The van der Waals surface area contributed by atoms with E-state index in [0.717, 1.165) is 11.4 Å². The molecule has 2 rings (SSSR count). The van der Waals surface area contributed by atoms with Crippen molar-refractivity contribution in [2.45, 2.75) is 42.5 Å². The van der Waals surface area contributed by atoms with E-state index in [1.54, 1.807) is 6.92 Å². The SMILES string of the molecule is CC(Sc1cccc(CNC2CC2)c1)C(=O)NC(N)=O. The molecule has 0 saturated heterocycles. The average molecular weight is 293 g/mol. The highest BCUT2D eigenvalue weighted by Crippen LogP contribution is 2.25. The predicted molar refractivity (Wildman–Crippen MR) is 79.3 cm³/mol. The fraction of sp³-hybridized carbons (Fsp3) is 0.429. The first-order valence-electron chi connectivity index (χ1n) is 6.64. The Labute approximate surface area is 122 Å². The largest absolute Gasteiger partial charge is 0.351 e.